The summed E-state index contributed by atoms with van der Waals surface area (Å²) in [7, 11) is 1.63. The summed E-state index contributed by atoms with van der Waals surface area (Å²) in [5, 5.41) is 8.72. The van der Waals surface area contributed by atoms with E-state index >= 15 is 0 Å². The zero-order valence-corrected chi connectivity index (χ0v) is 11.9. The van der Waals surface area contributed by atoms with Crippen LogP contribution in [0.5, 0.6) is 5.75 Å². The Labute approximate surface area is 125 Å². The molecular weight excluding hydrogens is 278 g/mol. The average Bonchev–Trinajstić information content (AvgIpc) is 3.18. The highest BCUT2D eigenvalue weighted by atomic mass is 16.5. The second-order valence-corrected chi connectivity index (χ2v) is 5.14. The first kappa shape index (κ1) is 12.6. The Bertz CT molecular complexity index is 997. The number of H-pyrrole nitrogens is 2. The van der Waals surface area contributed by atoms with Crippen molar-refractivity contribution in [2.75, 3.05) is 7.11 Å². The maximum Gasteiger partial charge on any atom is 0.209 e. The predicted octanol–water partition coefficient (Wildman–Crippen LogP) is 3.28. The smallest absolute Gasteiger partial charge is 0.209 e. The molecule has 4 rings (SSSR count). The molecule has 4 aromatic rings. The second-order valence-electron chi connectivity index (χ2n) is 5.14. The minimum absolute atomic E-state index is 0.0433. The first-order valence-corrected chi connectivity index (χ1v) is 6.89. The minimum Gasteiger partial charge on any atom is -0.497 e. The molecule has 0 saturated heterocycles. The summed E-state index contributed by atoms with van der Waals surface area (Å²) in [6.07, 6.45) is 1.71. The van der Waals surface area contributed by atoms with Gasteiger partial charge in [0.2, 0.25) is 5.78 Å². The highest BCUT2D eigenvalue weighted by molar-refractivity contribution is 6.11. The Hall–Kier alpha value is -3.08. The molecule has 0 unspecified atom stereocenters. The van der Waals surface area contributed by atoms with Crippen LogP contribution >= 0.6 is 0 Å². The Balaban J connectivity index is 1.77. The molecular formula is C17H13N3O2. The molecule has 108 valence electrons. The fourth-order valence-corrected chi connectivity index (χ4v) is 2.60. The van der Waals surface area contributed by atoms with Crippen LogP contribution in [0, 0.1) is 0 Å². The average molecular weight is 291 g/mol. The number of carbonyl (C=O) groups excluding carboxylic acids is 1. The van der Waals surface area contributed by atoms with Gasteiger partial charge in [0, 0.05) is 21.9 Å². The van der Waals surface area contributed by atoms with E-state index in [0.29, 0.717) is 11.3 Å². The number of methoxy groups -OCH3 is 1. The van der Waals surface area contributed by atoms with Crippen LogP contribution in [-0.2, 0) is 0 Å². The Morgan fingerprint density at radius 2 is 1.91 bits per heavy atom. The molecule has 2 N–H and O–H groups in total. The summed E-state index contributed by atoms with van der Waals surface area (Å²) in [5.41, 5.74) is 3.02. The first-order chi connectivity index (χ1) is 10.7. The Morgan fingerprint density at radius 3 is 2.77 bits per heavy atom. The summed E-state index contributed by atoms with van der Waals surface area (Å²) in [6, 6.07) is 13.0. The molecule has 0 atom stereocenters. The van der Waals surface area contributed by atoms with E-state index in [2.05, 4.69) is 15.2 Å². The van der Waals surface area contributed by atoms with Crippen LogP contribution in [0.15, 0.2) is 48.7 Å². The van der Waals surface area contributed by atoms with Crippen molar-refractivity contribution in [2.24, 2.45) is 0 Å². The molecule has 2 heterocycles. The van der Waals surface area contributed by atoms with Crippen molar-refractivity contribution in [1.82, 2.24) is 15.2 Å². The third kappa shape index (κ3) is 1.95. The minimum atomic E-state index is -0.0433. The van der Waals surface area contributed by atoms with Crippen molar-refractivity contribution < 1.29 is 9.53 Å². The molecule has 2 aromatic carbocycles. The van der Waals surface area contributed by atoms with Crippen LogP contribution < -0.4 is 4.74 Å². The molecule has 0 fully saturated rings. The van der Waals surface area contributed by atoms with Gasteiger partial charge in [-0.05, 0) is 42.5 Å². The molecule has 0 radical (unpaired) electrons. The zero-order chi connectivity index (χ0) is 15.1. The number of hydrogen-bond donors (Lipinski definition) is 2. The summed E-state index contributed by atoms with van der Waals surface area (Å²) in [5.74, 6) is 0.726. The molecule has 0 amide bonds. The monoisotopic (exact) mass is 291 g/mol. The zero-order valence-electron chi connectivity index (χ0n) is 11.9. The van der Waals surface area contributed by atoms with Crippen molar-refractivity contribution in [1.29, 1.82) is 0 Å². The summed E-state index contributed by atoms with van der Waals surface area (Å²) in [6.45, 7) is 0. The lowest BCUT2D eigenvalue weighted by Crippen LogP contribution is -2.01. The number of ether oxygens (including phenoxy) is 1. The summed E-state index contributed by atoms with van der Waals surface area (Å²) < 4.78 is 5.21. The number of rotatable bonds is 3. The van der Waals surface area contributed by atoms with E-state index in [-0.39, 0.29) is 5.78 Å². The van der Waals surface area contributed by atoms with Gasteiger partial charge in [-0.25, -0.2) is 0 Å². The predicted molar refractivity (Wildman–Crippen MR) is 84.4 cm³/mol. The van der Waals surface area contributed by atoms with E-state index in [4.69, 9.17) is 4.74 Å². The number of aromatic nitrogens is 3. The first-order valence-electron chi connectivity index (χ1n) is 6.89. The van der Waals surface area contributed by atoms with Gasteiger partial charge in [-0.15, -0.1) is 0 Å². The lowest BCUT2D eigenvalue weighted by Gasteiger charge is -1.98. The van der Waals surface area contributed by atoms with Crippen molar-refractivity contribution in [2.45, 2.75) is 0 Å². The van der Waals surface area contributed by atoms with Gasteiger partial charge in [0.25, 0.3) is 0 Å². The largest absolute Gasteiger partial charge is 0.497 e. The summed E-state index contributed by atoms with van der Waals surface area (Å²) >= 11 is 0. The second kappa shape index (κ2) is 4.73. The van der Waals surface area contributed by atoms with Gasteiger partial charge in [-0.1, -0.05) is 0 Å². The molecule has 0 bridgehead atoms. The van der Waals surface area contributed by atoms with E-state index in [1.54, 1.807) is 19.4 Å². The van der Waals surface area contributed by atoms with Gasteiger partial charge in [0.05, 0.1) is 24.5 Å². The number of hydrogen-bond acceptors (Lipinski definition) is 3. The van der Waals surface area contributed by atoms with Crippen LogP contribution in [0.3, 0.4) is 0 Å². The van der Waals surface area contributed by atoms with Gasteiger partial charge in [-0.3, -0.25) is 9.89 Å². The molecule has 0 spiro atoms. The topological polar surface area (TPSA) is 70.8 Å². The quantitative estimate of drug-likeness (QED) is 0.569. The van der Waals surface area contributed by atoms with Crippen LogP contribution in [0.25, 0.3) is 21.8 Å². The molecule has 22 heavy (non-hydrogen) atoms. The number of nitrogens with one attached hydrogen (secondary N) is 2. The van der Waals surface area contributed by atoms with E-state index in [1.165, 1.54) is 0 Å². The molecule has 0 aliphatic carbocycles. The highest BCUT2D eigenvalue weighted by Gasteiger charge is 2.13. The van der Waals surface area contributed by atoms with E-state index in [1.807, 2.05) is 36.4 Å². The Morgan fingerprint density at radius 1 is 1.05 bits per heavy atom. The lowest BCUT2D eigenvalue weighted by molar-refractivity contribution is 0.103. The van der Waals surface area contributed by atoms with Gasteiger partial charge in [-0.2, -0.15) is 5.10 Å². The third-order valence-electron chi connectivity index (χ3n) is 3.77. The van der Waals surface area contributed by atoms with Crippen LogP contribution in [-0.4, -0.2) is 28.1 Å². The van der Waals surface area contributed by atoms with Crippen molar-refractivity contribution in [3.8, 4) is 5.75 Å². The molecule has 2 aromatic heterocycles. The molecule has 0 aliphatic heterocycles. The standard InChI is InChI=1S/C17H13N3O2/c1-22-13-3-5-14-11(7-13)8-16(19-14)17(21)10-2-4-15-12(6-10)9-18-20-15/h2-9,19H,1H3,(H,18,20). The fourth-order valence-electron chi connectivity index (χ4n) is 2.60. The number of fused-ring (bicyclic) bond motifs is 2. The third-order valence-corrected chi connectivity index (χ3v) is 3.77. The van der Waals surface area contributed by atoms with Crippen molar-refractivity contribution >= 4 is 27.6 Å². The van der Waals surface area contributed by atoms with Gasteiger partial charge in [0.15, 0.2) is 0 Å². The SMILES string of the molecule is COc1ccc2[nH]c(C(=O)c3ccc4[nH]ncc4c3)cc2c1. The highest BCUT2D eigenvalue weighted by Crippen LogP contribution is 2.23. The van der Waals surface area contributed by atoms with Crippen LogP contribution in [0.1, 0.15) is 16.1 Å². The number of carbonyl (C=O) groups is 1. The molecule has 5 heteroatoms. The Kier molecular flexibility index (Phi) is 2.72. The number of nitrogens with zero attached hydrogens (tertiary/aromatic N) is 1. The van der Waals surface area contributed by atoms with Gasteiger partial charge in [0.1, 0.15) is 5.75 Å². The van der Waals surface area contributed by atoms with Gasteiger partial charge >= 0.3 is 0 Å². The number of ketones is 1. The van der Waals surface area contributed by atoms with Crippen LogP contribution in [0.2, 0.25) is 0 Å². The van der Waals surface area contributed by atoms with Gasteiger partial charge < -0.3 is 9.72 Å². The van der Waals surface area contributed by atoms with E-state index in [9.17, 15) is 4.79 Å². The van der Waals surface area contributed by atoms with Crippen LogP contribution in [0.4, 0.5) is 0 Å². The molecule has 0 saturated carbocycles. The number of benzene rings is 2. The number of aromatic amines is 2. The maximum absolute atomic E-state index is 12.6. The van der Waals surface area contributed by atoms with E-state index < -0.39 is 0 Å². The van der Waals surface area contributed by atoms with E-state index in [0.717, 1.165) is 27.6 Å². The van der Waals surface area contributed by atoms with Crippen molar-refractivity contribution in [3.05, 3.63) is 59.9 Å². The van der Waals surface area contributed by atoms with Crippen molar-refractivity contribution in [3.63, 3.8) is 0 Å². The fraction of sp³-hybridized carbons (Fsp3) is 0.0588. The maximum atomic E-state index is 12.6. The molecule has 5 nitrogen and oxygen atoms in total. The molecule has 0 aliphatic rings. The summed E-state index contributed by atoms with van der Waals surface area (Å²) in [4.78, 5) is 15.8. The lowest BCUT2D eigenvalue weighted by atomic mass is 10.1. The normalized spacial score (nSPS) is 11.1.